The van der Waals surface area contributed by atoms with Gasteiger partial charge in [-0.05, 0) is 6.07 Å². The zero-order valence-electron chi connectivity index (χ0n) is 8.41. The molecule has 14 heavy (non-hydrogen) atoms. The van der Waals surface area contributed by atoms with E-state index in [1.807, 2.05) is 18.4 Å². The zero-order chi connectivity index (χ0) is 10.2. The van der Waals surface area contributed by atoms with E-state index in [-0.39, 0.29) is 12.0 Å². The molecule has 0 atom stereocenters. The van der Waals surface area contributed by atoms with Crippen LogP contribution in [0.1, 0.15) is 25.1 Å². The molecule has 1 aliphatic heterocycles. The average Bonchev–Trinajstić information content (AvgIpc) is 2.49. The van der Waals surface area contributed by atoms with Gasteiger partial charge in [-0.1, -0.05) is 26.0 Å². The Kier molecular flexibility index (Phi) is 2.04. The molecule has 0 bridgehead atoms. The molecule has 2 heterocycles. The highest BCUT2D eigenvalue weighted by molar-refractivity contribution is 5.78. The summed E-state index contributed by atoms with van der Waals surface area (Å²) in [7, 11) is 0. The minimum atomic E-state index is -0.000756. The van der Waals surface area contributed by atoms with E-state index in [0.717, 1.165) is 17.1 Å². The molecule has 0 aliphatic carbocycles. The third-order valence-corrected chi connectivity index (χ3v) is 2.27. The number of hydrogen-bond acceptors (Lipinski definition) is 2. The van der Waals surface area contributed by atoms with Crippen molar-refractivity contribution < 1.29 is 5.11 Å². The van der Waals surface area contributed by atoms with Crippen LogP contribution in [-0.2, 0) is 6.61 Å². The smallest absolute Gasteiger partial charge is 0.137 e. The Morgan fingerprint density at radius 2 is 2.29 bits per heavy atom. The molecule has 0 saturated heterocycles. The highest BCUT2D eigenvalue weighted by Crippen LogP contribution is 2.28. The number of aliphatic hydroxyl groups is 1. The van der Waals surface area contributed by atoms with E-state index in [1.54, 1.807) is 0 Å². The molecule has 1 aromatic rings. The van der Waals surface area contributed by atoms with Crippen LogP contribution in [-0.4, -0.2) is 16.3 Å². The molecular formula is C11H14N2O. The predicted molar refractivity (Wildman–Crippen MR) is 57.7 cm³/mol. The van der Waals surface area contributed by atoms with Crippen molar-refractivity contribution in [2.75, 3.05) is 0 Å². The van der Waals surface area contributed by atoms with E-state index in [0.29, 0.717) is 0 Å². The first-order valence-electron chi connectivity index (χ1n) is 4.68. The van der Waals surface area contributed by atoms with Gasteiger partial charge in [0.2, 0.25) is 0 Å². The standard InChI is InChI=1S/C11H14N2O/c1-11(2)4-3-8-5-9(6-14)13-10(8)12-7-11/h3-5,7,13-14H,6H2,1-2H3. The molecule has 0 radical (unpaired) electrons. The number of rotatable bonds is 1. The van der Waals surface area contributed by atoms with E-state index in [4.69, 9.17) is 5.11 Å². The summed E-state index contributed by atoms with van der Waals surface area (Å²) >= 11 is 0. The number of allylic oxidation sites excluding steroid dienone is 1. The molecule has 0 amide bonds. The Balaban J connectivity index is 2.44. The Morgan fingerprint density at radius 1 is 1.50 bits per heavy atom. The lowest BCUT2D eigenvalue weighted by Gasteiger charge is -2.10. The summed E-state index contributed by atoms with van der Waals surface area (Å²) in [5.41, 5.74) is 1.84. The van der Waals surface area contributed by atoms with Crippen LogP contribution in [0.2, 0.25) is 0 Å². The van der Waals surface area contributed by atoms with Gasteiger partial charge in [-0.2, -0.15) is 0 Å². The first-order chi connectivity index (χ1) is 6.61. The number of H-pyrrole nitrogens is 1. The van der Waals surface area contributed by atoms with Crippen LogP contribution in [0.5, 0.6) is 0 Å². The fourth-order valence-corrected chi connectivity index (χ4v) is 1.41. The lowest BCUT2D eigenvalue weighted by molar-refractivity contribution is 0.277. The number of hydrogen-bond donors (Lipinski definition) is 2. The van der Waals surface area contributed by atoms with E-state index in [9.17, 15) is 0 Å². The Morgan fingerprint density at radius 3 is 3.00 bits per heavy atom. The topological polar surface area (TPSA) is 48.4 Å². The first-order valence-corrected chi connectivity index (χ1v) is 4.68. The average molecular weight is 190 g/mol. The number of nitrogens with zero attached hydrogens (tertiary/aromatic N) is 1. The van der Waals surface area contributed by atoms with Crippen molar-refractivity contribution in [2.24, 2.45) is 10.4 Å². The zero-order valence-corrected chi connectivity index (χ0v) is 8.41. The molecule has 1 aliphatic rings. The molecule has 0 fully saturated rings. The molecule has 0 saturated carbocycles. The third kappa shape index (κ3) is 1.63. The summed E-state index contributed by atoms with van der Waals surface area (Å²) in [6, 6.07) is 1.92. The van der Waals surface area contributed by atoms with Gasteiger partial charge in [0.1, 0.15) is 5.82 Å². The second kappa shape index (κ2) is 3.10. The predicted octanol–water partition coefficient (Wildman–Crippen LogP) is 2.26. The molecule has 74 valence electrons. The van der Waals surface area contributed by atoms with Crippen LogP contribution < -0.4 is 0 Å². The van der Waals surface area contributed by atoms with Gasteiger partial charge >= 0.3 is 0 Å². The van der Waals surface area contributed by atoms with E-state index in [2.05, 4.69) is 29.9 Å². The summed E-state index contributed by atoms with van der Waals surface area (Å²) in [6.07, 6.45) is 6.06. The minimum absolute atomic E-state index is 0.000756. The molecule has 2 N–H and O–H groups in total. The summed E-state index contributed by atoms with van der Waals surface area (Å²) < 4.78 is 0. The molecule has 3 nitrogen and oxygen atoms in total. The second-order valence-electron chi connectivity index (χ2n) is 4.17. The van der Waals surface area contributed by atoms with Crippen molar-refractivity contribution in [1.82, 2.24) is 4.98 Å². The summed E-state index contributed by atoms with van der Waals surface area (Å²) in [5.74, 6) is 0.830. The van der Waals surface area contributed by atoms with E-state index in [1.165, 1.54) is 0 Å². The molecule has 0 aromatic carbocycles. The van der Waals surface area contributed by atoms with Crippen LogP contribution in [0.15, 0.2) is 17.1 Å². The van der Waals surface area contributed by atoms with Gasteiger partial charge in [0.05, 0.1) is 6.61 Å². The van der Waals surface area contributed by atoms with Crippen LogP contribution in [0.25, 0.3) is 6.08 Å². The van der Waals surface area contributed by atoms with Crippen LogP contribution in [0, 0.1) is 5.41 Å². The first kappa shape index (κ1) is 9.21. The SMILES string of the molecule is CC1(C)C=Cc2cc(CO)[nH]c2N=C1. The maximum absolute atomic E-state index is 8.95. The number of aromatic nitrogens is 1. The summed E-state index contributed by atoms with van der Waals surface area (Å²) in [6.45, 7) is 4.23. The van der Waals surface area contributed by atoms with E-state index >= 15 is 0 Å². The van der Waals surface area contributed by atoms with Gasteiger partial charge in [-0.15, -0.1) is 0 Å². The largest absolute Gasteiger partial charge is 0.390 e. The summed E-state index contributed by atoms with van der Waals surface area (Å²) in [5, 5.41) is 8.95. The quantitative estimate of drug-likeness (QED) is 0.701. The molecule has 0 spiro atoms. The monoisotopic (exact) mass is 190 g/mol. The van der Waals surface area contributed by atoms with Crippen molar-refractivity contribution in [3.05, 3.63) is 23.4 Å². The number of fused-ring (bicyclic) bond motifs is 1. The highest BCUT2D eigenvalue weighted by Gasteiger charge is 2.15. The van der Waals surface area contributed by atoms with Crippen LogP contribution in [0.3, 0.4) is 0 Å². The van der Waals surface area contributed by atoms with Gasteiger partial charge in [0, 0.05) is 22.9 Å². The Bertz CT molecular complexity index is 366. The van der Waals surface area contributed by atoms with Gasteiger partial charge in [-0.25, -0.2) is 4.99 Å². The van der Waals surface area contributed by atoms with Gasteiger partial charge in [0.25, 0.3) is 0 Å². The van der Waals surface area contributed by atoms with Crippen LogP contribution >= 0.6 is 0 Å². The molecular weight excluding hydrogens is 176 g/mol. The van der Waals surface area contributed by atoms with Gasteiger partial charge in [0.15, 0.2) is 0 Å². The number of aromatic amines is 1. The number of aliphatic hydroxyl groups excluding tert-OH is 1. The van der Waals surface area contributed by atoms with Crippen molar-refractivity contribution >= 4 is 18.1 Å². The fourth-order valence-electron chi connectivity index (χ4n) is 1.41. The molecule has 1 aromatic heterocycles. The lowest BCUT2D eigenvalue weighted by Crippen LogP contribution is -2.07. The summed E-state index contributed by atoms with van der Waals surface area (Å²) in [4.78, 5) is 7.42. The molecule has 2 rings (SSSR count). The van der Waals surface area contributed by atoms with Crippen LogP contribution in [0.4, 0.5) is 5.82 Å². The normalized spacial score (nSPS) is 17.9. The maximum atomic E-state index is 8.95. The Labute approximate surface area is 83.2 Å². The lowest BCUT2D eigenvalue weighted by atomic mass is 9.95. The second-order valence-corrected chi connectivity index (χ2v) is 4.17. The number of nitrogens with one attached hydrogen (secondary N) is 1. The van der Waals surface area contributed by atoms with Crippen molar-refractivity contribution in [3.8, 4) is 0 Å². The van der Waals surface area contributed by atoms with Gasteiger partial charge < -0.3 is 10.1 Å². The van der Waals surface area contributed by atoms with Crippen molar-refractivity contribution in [2.45, 2.75) is 20.5 Å². The van der Waals surface area contributed by atoms with E-state index < -0.39 is 0 Å². The number of aliphatic imine (C=N–C) groups is 1. The molecule has 3 heteroatoms. The molecule has 0 unspecified atom stereocenters. The van der Waals surface area contributed by atoms with Gasteiger partial charge in [-0.3, -0.25) is 0 Å². The minimum Gasteiger partial charge on any atom is -0.390 e. The Hall–Kier alpha value is -1.35. The van der Waals surface area contributed by atoms with Crippen molar-refractivity contribution in [3.63, 3.8) is 0 Å². The fraction of sp³-hybridized carbons (Fsp3) is 0.364. The highest BCUT2D eigenvalue weighted by atomic mass is 16.3. The third-order valence-electron chi connectivity index (χ3n) is 2.27. The van der Waals surface area contributed by atoms with Crippen molar-refractivity contribution in [1.29, 1.82) is 0 Å². The maximum Gasteiger partial charge on any atom is 0.137 e.